The highest BCUT2D eigenvalue weighted by Gasteiger charge is 2.17. The average Bonchev–Trinajstić information content (AvgIpc) is 1.96. The van der Waals surface area contributed by atoms with E-state index in [2.05, 4.69) is 5.32 Å². The number of carbonyl (C=O) groups excluding carboxylic acids is 2. The average molecular weight is 187 g/mol. The van der Waals surface area contributed by atoms with Crippen LogP contribution in [-0.2, 0) is 9.53 Å². The lowest BCUT2D eigenvalue weighted by Crippen LogP contribution is -2.42. The number of ether oxygens (including phenoxy) is 1. The maximum absolute atomic E-state index is 11.1. The van der Waals surface area contributed by atoms with E-state index >= 15 is 0 Å². The molecule has 0 heterocycles. The summed E-state index contributed by atoms with van der Waals surface area (Å²) in [5.41, 5.74) is -0.335. The Kier molecular flexibility index (Phi) is 4.45. The van der Waals surface area contributed by atoms with Gasteiger partial charge in [-0.05, 0) is 27.2 Å². The van der Waals surface area contributed by atoms with Gasteiger partial charge in [0.1, 0.15) is 0 Å². The van der Waals surface area contributed by atoms with E-state index < -0.39 is 12.2 Å². The third-order valence-electron chi connectivity index (χ3n) is 1.29. The van der Waals surface area contributed by atoms with Crippen molar-refractivity contribution in [3.63, 3.8) is 0 Å². The lowest BCUT2D eigenvalue weighted by molar-refractivity contribution is -0.115. The van der Waals surface area contributed by atoms with Crippen LogP contribution >= 0.6 is 0 Å². The number of hydrogen-bond acceptors (Lipinski definition) is 3. The number of carbonyl (C=O) groups is 2. The maximum Gasteiger partial charge on any atom is 0.408 e. The summed E-state index contributed by atoms with van der Waals surface area (Å²) in [6.07, 6.45) is -0.0580. The highest BCUT2D eigenvalue weighted by molar-refractivity contribution is 5.71. The molecule has 4 heteroatoms. The van der Waals surface area contributed by atoms with Crippen LogP contribution in [-0.4, -0.2) is 24.0 Å². The summed E-state index contributed by atoms with van der Waals surface area (Å²) in [4.78, 5) is 21.4. The largest absolute Gasteiger partial charge is 0.439 e. The number of nitrogens with one attached hydrogen (secondary N) is 1. The molecule has 0 fully saturated rings. The molecule has 0 bridgehead atoms. The molecule has 0 aromatic heterocycles. The van der Waals surface area contributed by atoms with Crippen LogP contribution in [0.15, 0.2) is 0 Å². The van der Waals surface area contributed by atoms with Crippen LogP contribution < -0.4 is 5.32 Å². The fourth-order valence-electron chi connectivity index (χ4n) is 0.680. The molecule has 1 atom stereocenters. The van der Waals surface area contributed by atoms with E-state index in [0.717, 1.165) is 0 Å². The topological polar surface area (TPSA) is 55.4 Å². The predicted molar refractivity (Wildman–Crippen MR) is 49.5 cm³/mol. The van der Waals surface area contributed by atoms with Crippen molar-refractivity contribution >= 4 is 12.4 Å². The van der Waals surface area contributed by atoms with Crippen LogP contribution in [0.1, 0.15) is 34.1 Å². The van der Waals surface area contributed by atoms with E-state index in [9.17, 15) is 9.59 Å². The molecule has 0 saturated heterocycles. The predicted octanol–water partition coefficient (Wildman–Crippen LogP) is 1.49. The lowest BCUT2D eigenvalue weighted by Gasteiger charge is -2.21. The Labute approximate surface area is 78.6 Å². The first-order valence-electron chi connectivity index (χ1n) is 4.33. The van der Waals surface area contributed by atoms with Gasteiger partial charge in [0.25, 0.3) is 0 Å². The third kappa shape index (κ3) is 6.13. The van der Waals surface area contributed by atoms with E-state index in [4.69, 9.17) is 4.74 Å². The Hall–Kier alpha value is -1.06. The van der Waals surface area contributed by atoms with Gasteiger partial charge < -0.3 is 10.1 Å². The van der Waals surface area contributed by atoms with Gasteiger partial charge in [0.2, 0.25) is 0 Å². The minimum atomic E-state index is -0.637. The van der Waals surface area contributed by atoms with Gasteiger partial charge >= 0.3 is 6.09 Å². The van der Waals surface area contributed by atoms with Gasteiger partial charge in [-0.2, -0.15) is 0 Å². The number of rotatable bonds is 3. The quantitative estimate of drug-likeness (QED) is 0.681. The van der Waals surface area contributed by atoms with Gasteiger partial charge in [0, 0.05) is 5.54 Å². The Morgan fingerprint density at radius 2 is 2.08 bits per heavy atom. The first kappa shape index (κ1) is 11.9. The molecule has 0 saturated carbocycles. The molecule has 0 aliphatic heterocycles. The van der Waals surface area contributed by atoms with Crippen molar-refractivity contribution in [2.24, 2.45) is 0 Å². The number of aldehydes is 1. The van der Waals surface area contributed by atoms with Gasteiger partial charge in [0.15, 0.2) is 12.4 Å². The van der Waals surface area contributed by atoms with E-state index in [1.54, 1.807) is 6.92 Å². The zero-order chi connectivity index (χ0) is 10.5. The van der Waals surface area contributed by atoms with Crippen LogP contribution in [0, 0.1) is 0 Å². The molecule has 1 amide bonds. The molecule has 0 radical (unpaired) electrons. The van der Waals surface area contributed by atoms with E-state index in [1.807, 2.05) is 20.8 Å². The molecule has 76 valence electrons. The zero-order valence-corrected chi connectivity index (χ0v) is 8.59. The van der Waals surface area contributed by atoms with Crippen molar-refractivity contribution in [1.82, 2.24) is 5.32 Å². The van der Waals surface area contributed by atoms with Gasteiger partial charge in [-0.3, -0.25) is 4.79 Å². The molecule has 4 nitrogen and oxygen atoms in total. The van der Waals surface area contributed by atoms with E-state index in [0.29, 0.717) is 12.7 Å². The molecular weight excluding hydrogens is 170 g/mol. The van der Waals surface area contributed by atoms with Crippen LogP contribution in [0.3, 0.4) is 0 Å². The van der Waals surface area contributed by atoms with Crippen molar-refractivity contribution in [1.29, 1.82) is 0 Å². The number of alkyl carbamates (subject to hydrolysis) is 1. The summed E-state index contributed by atoms with van der Waals surface area (Å²) in [6.45, 7) is 7.31. The lowest BCUT2D eigenvalue weighted by atomic mass is 10.1. The zero-order valence-electron chi connectivity index (χ0n) is 8.59. The molecule has 0 unspecified atom stereocenters. The minimum Gasteiger partial charge on any atom is -0.439 e. The standard InChI is InChI=1S/C9H17NO3/c1-5-7(6-11)13-8(12)10-9(2,3)4/h6-7H,5H2,1-4H3,(H,10,12)/t7-/m0/s1. The summed E-state index contributed by atoms with van der Waals surface area (Å²) in [7, 11) is 0. The Morgan fingerprint density at radius 1 is 1.54 bits per heavy atom. The number of hydrogen-bond donors (Lipinski definition) is 1. The molecule has 1 N–H and O–H groups in total. The van der Waals surface area contributed by atoms with Crippen molar-refractivity contribution in [2.45, 2.75) is 45.8 Å². The van der Waals surface area contributed by atoms with Gasteiger partial charge in [-0.1, -0.05) is 6.92 Å². The summed E-state index contributed by atoms with van der Waals surface area (Å²) in [6, 6.07) is 0. The third-order valence-corrected chi connectivity index (χ3v) is 1.29. The monoisotopic (exact) mass is 187 g/mol. The van der Waals surface area contributed by atoms with Crippen LogP contribution in [0.25, 0.3) is 0 Å². The first-order valence-corrected chi connectivity index (χ1v) is 4.33. The van der Waals surface area contributed by atoms with Gasteiger partial charge in [0.05, 0.1) is 0 Å². The molecule has 0 aromatic rings. The Bertz CT molecular complexity index is 184. The molecule has 13 heavy (non-hydrogen) atoms. The van der Waals surface area contributed by atoms with Gasteiger partial charge in [-0.25, -0.2) is 4.79 Å². The fourth-order valence-corrected chi connectivity index (χ4v) is 0.680. The maximum atomic E-state index is 11.1. The summed E-state index contributed by atoms with van der Waals surface area (Å²) >= 11 is 0. The van der Waals surface area contributed by atoms with E-state index in [-0.39, 0.29) is 5.54 Å². The molecule has 0 aromatic carbocycles. The van der Waals surface area contributed by atoms with Crippen molar-refractivity contribution in [3.8, 4) is 0 Å². The van der Waals surface area contributed by atoms with Crippen LogP contribution in [0.4, 0.5) is 4.79 Å². The summed E-state index contributed by atoms with van der Waals surface area (Å²) in [5.74, 6) is 0. The molecule has 0 aliphatic rings. The second kappa shape index (κ2) is 4.84. The summed E-state index contributed by atoms with van der Waals surface area (Å²) < 4.78 is 4.81. The normalized spacial score (nSPS) is 13.2. The van der Waals surface area contributed by atoms with Crippen LogP contribution in [0.2, 0.25) is 0 Å². The number of amides is 1. The molecular formula is C9H17NO3. The van der Waals surface area contributed by atoms with Crippen LogP contribution in [0.5, 0.6) is 0 Å². The summed E-state index contributed by atoms with van der Waals surface area (Å²) in [5, 5.41) is 2.60. The second-order valence-corrected chi connectivity index (χ2v) is 3.86. The van der Waals surface area contributed by atoms with E-state index in [1.165, 1.54) is 0 Å². The Balaban J connectivity index is 3.93. The SMILES string of the molecule is CC[C@@H](C=O)OC(=O)NC(C)(C)C. The Morgan fingerprint density at radius 3 is 2.38 bits per heavy atom. The van der Waals surface area contributed by atoms with Crippen molar-refractivity contribution < 1.29 is 14.3 Å². The first-order chi connectivity index (χ1) is 5.89. The second-order valence-electron chi connectivity index (χ2n) is 3.86. The van der Waals surface area contributed by atoms with Crippen molar-refractivity contribution in [2.75, 3.05) is 0 Å². The van der Waals surface area contributed by atoms with Gasteiger partial charge in [-0.15, -0.1) is 0 Å². The van der Waals surface area contributed by atoms with Crippen molar-refractivity contribution in [3.05, 3.63) is 0 Å². The molecule has 0 rings (SSSR count). The fraction of sp³-hybridized carbons (Fsp3) is 0.778. The highest BCUT2D eigenvalue weighted by Crippen LogP contribution is 2.01. The molecule has 0 spiro atoms. The minimum absolute atomic E-state index is 0.335. The highest BCUT2D eigenvalue weighted by atomic mass is 16.6. The molecule has 0 aliphatic carbocycles. The smallest absolute Gasteiger partial charge is 0.408 e.